The van der Waals surface area contributed by atoms with Crippen LogP contribution in [-0.4, -0.2) is 26.9 Å². The molecule has 2 amide bonds. The Hall–Kier alpha value is -3.46. The fourth-order valence-electron chi connectivity index (χ4n) is 2.49. The van der Waals surface area contributed by atoms with Gasteiger partial charge in [0, 0.05) is 19.1 Å². The Kier molecular flexibility index (Phi) is 5.55. The van der Waals surface area contributed by atoms with E-state index >= 15 is 0 Å². The number of hydrogen-bond acceptors (Lipinski definition) is 7. The predicted molar refractivity (Wildman–Crippen MR) is 102 cm³/mol. The monoisotopic (exact) mass is 398 g/mol. The van der Waals surface area contributed by atoms with Crippen LogP contribution in [0.4, 0.5) is 10.5 Å². The van der Waals surface area contributed by atoms with Crippen molar-refractivity contribution in [2.45, 2.75) is 13.5 Å². The number of nitro groups is 1. The van der Waals surface area contributed by atoms with Gasteiger partial charge in [0.25, 0.3) is 16.8 Å². The number of imide groups is 1. The zero-order valence-corrected chi connectivity index (χ0v) is 15.5. The summed E-state index contributed by atoms with van der Waals surface area (Å²) in [4.78, 5) is 47.2. The highest BCUT2D eigenvalue weighted by atomic mass is 32.2. The Labute approximate surface area is 163 Å². The van der Waals surface area contributed by atoms with Gasteiger partial charge in [-0.15, -0.1) is 0 Å². The van der Waals surface area contributed by atoms with Crippen LogP contribution in [0.3, 0.4) is 0 Å². The summed E-state index contributed by atoms with van der Waals surface area (Å²) in [6.45, 7) is 1.33. The first-order chi connectivity index (χ1) is 13.3. The molecular weight excluding hydrogens is 384 g/mol. The number of benzene rings is 2. The first-order valence-corrected chi connectivity index (χ1v) is 8.92. The maximum absolute atomic E-state index is 12.6. The fraction of sp³-hybridized carbons (Fsp3) is 0.105. The Morgan fingerprint density at radius 1 is 1.14 bits per heavy atom. The van der Waals surface area contributed by atoms with E-state index in [2.05, 4.69) is 0 Å². The van der Waals surface area contributed by atoms with Crippen molar-refractivity contribution in [2.24, 2.45) is 0 Å². The van der Waals surface area contributed by atoms with Crippen molar-refractivity contribution in [3.8, 4) is 5.75 Å². The van der Waals surface area contributed by atoms with E-state index in [4.69, 9.17) is 4.74 Å². The van der Waals surface area contributed by atoms with Crippen LogP contribution in [-0.2, 0) is 16.1 Å². The summed E-state index contributed by atoms with van der Waals surface area (Å²) in [6.07, 6.45) is 1.58. The van der Waals surface area contributed by atoms with Gasteiger partial charge in [-0.25, -0.2) is 0 Å². The van der Waals surface area contributed by atoms with Crippen molar-refractivity contribution in [3.63, 3.8) is 0 Å². The molecule has 28 heavy (non-hydrogen) atoms. The number of hydrogen-bond donors (Lipinski definition) is 0. The van der Waals surface area contributed by atoms with Gasteiger partial charge in [0.1, 0.15) is 5.75 Å². The molecule has 1 fully saturated rings. The molecule has 1 aliphatic rings. The third kappa shape index (κ3) is 4.44. The SMILES string of the molecule is CC(=O)Oc1ccc(C=C2SC(=O)N(Cc3ccc([N+](=O)[O-])cc3)C2=O)cc1. The smallest absolute Gasteiger partial charge is 0.308 e. The average Bonchev–Trinajstić information content (AvgIpc) is 2.91. The molecule has 142 valence electrons. The quantitative estimate of drug-likeness (QED) is 0.248. The first kappa shape index (κ1) is 19.3. The molecule has 0 aliphatic carbocycles. The molecule has 3 rings (SSSR count). The minimum Gasteiger partial charge on any atom is -0.427 e. The molecule has 2 aromatic rings. The summed E-state index contributed by atoms with van der Waals surface area (Å²) in [5.41, 5.74) is 1.23. The molecule has 0 unspecified atom stereocenters. The molecule has 0 atom stereocenters. The van der Waals surface area contributed by atoms with E-state index in [1.165, 1.54) is 31.2 Å². The summed E-state index contributed by atoms with van der Waals surface area (Å²) in [5.74, 6) is -0.478. The van der Waals surface area contributed by atoms with Crippen LogP contribution < -0.4 is 4.74 Å². The van der Waals surface area contributed by atoms with Crippen molar-refractivity contribution in [1.82, 2.24) is 4.90 Å². The lowest BCUT2D eigenvalue weighted by molar-refractivity contribution is -0.384. The number of rotatable bonds is 5. The highest BCUT2D eigenvalue weighted by molar-refractivity contribution is 8.18. The number of carbonyl (C=O) groups is 3. The number of esters is 1. The molecule has 9 heteroatoms. The van der Waals surface area contributed by atoms with Crippen LogP contribution in [0.1, 0.15) is 18.1 Å². The van der Waals surface area contributed by atoms with Gasteiger partial charge in [-0.3, -0.25) is 29.4 Å². The van der Waals surface area contributed by atoms with Gasteiger partial charge in [0.05, 0.1) is 16.4 Å². The van der Waals surface area contributed by atoms with Crippen LogP contribution in [0.15, 0.2) is 53.4 Å². The van der Waals surface area contributed by atoms with Crippen LogP contribution in [0.25, 0.3) is 6.08 Å². The summed E-state index contributed by atoms with van der Waals surface area (Å²) in [6, 6.07) is 12.2. The number of non-ortho nitro benzene ring substituents is 1. The molecule has 1 heterocycles. The van der Waals surface area contributed by atoms with Crippen LogP contribution in [0.2, 0.25) is 0 Å². The minimum atomic E-state index is -0.515. The summed E-state index contributed by atoms with van der Waals surface area (Å²) < 4.78 is 4.95. The van der Waals surface area contributed by atoms with E-state index in [9.17, 15) is 24.5 Å². The maximum Gasteiger partial charge on any atom is 0.308 e. The number of amides is 2. The second-order valence-corrected chi connectivity index (χ2v) is 6.85. The van der Waals surface area contributed by atoms with Gasteiger partial charge >= 0.3 is 5.97 Å². The van der Waals surface area contributed by atoms with Gasteiger partial charge in [-0.2, -0.15) is 0 Å². The number of nitro benzene ring substituents is 1. The lowest BCUT2D eigenvalue weighted by Gasteiger charge is -2.12. The molecule has 1 aliphatic heterocycles. The summed E-state index contributed by atoms with van der Waals surface area (Å²) in [5, 5.41) is 10.3. The molecule has 1 saturated heterocycles. The Bertz CT molecular complexity index is 982. The lowest BCUT2D eigenvalue weighted by Crippen LogP contribution is -2.27. The Morgan fingerprint density at radius 2 is 1.79 bits per heavy atom. The number of carbonyl (C=O) groups excluding carboxylic acids is 3. The van der Waals surface area contributed by atoms with Crippen molar-refractivity contribution < 1.29 is 24.0 Å². The van der Waals surface area contributed by atoms with E-state index in [-0.39, 0.29) is 17.1 Å². The molecular formula is C19H14N2O6S. The zero-order valence-electron chi connectivity index (χ0n) is 14.7. The normalized spacial score (nSPS) is 15.2. The van der Waals surface area contributed by atoms with E-state index < -0.39 is 22.0 Å². The van der Waals surface area contributed by atoms with Crippen molar-refractivity contribution in [2.75, 3.05) is 0 Å². The molecule has 0 spiro atoms. The molecule has 0 radical (unpaired) electrons. The second kappa shape index (κ2) is 8.05. The van der Waals surface area contributed by atoms with Crippen LogP contribution >= 0.6 is 11.8 Å². The first-order valence-electron chi connectivity index (χ1n) is 8.10. The molecule has 0 N–H and O–H groups in total. The van der Waals surface area contributed by atoms with Gasteiger partial charge < -0.3 is 4.74 Å². The summed E-state index contributed by atoms with van der Waals surface area (Å²) in [7, 11) is 0. The largest absolute Gasteiger partial charge is 0.427 e. The van der Waals surface area contributed by atoms with Crippen LogP contribution in [0, 0.1) is 10.1 Å². The van der Waals surface area contributed by atoms with Crippen LogP contribution in [0.5, 0.6) is 5.75 Å². The summed E-state index contributed by atoms with van der Waals surface area (Å²) >= 11 is 0.824. The minimum absolute atomic E-state index is 0.0331. The third-order valence-electron chi connectivity index (χ3n) is 3.80. The third-order valence-corrected chi connectivity index (χ3v) is 4.71. The Morgan fingerprint density at radius 3 is 2.36 bits per heavy atom. The van der Waals surface area contributed by atoms with Gasteiger partial charge in [-0.05, 0) is 41.1 Å². The fourth-order valence-corrected chi connectivity index (χ4v) is 3.33. The average molecular weight is 398 g/mol. The lowest BCUT2D eigenvalue weighted by atomic mass is 10.2. The van der Waals surface area contributed by atoms with E-state index in [1.807, 2.05) is 0 Å². The number of nitrogens with zero attached hydrogens (tertiary/aromatic N) is 2. The van der Waals surface area contributed by atoms with Gasteiger partial charge in [-0.1, -0.05) is 24.3 Å². The zero-order chi connectivity index (χ0) is 20.3. The molecule has 0 bridgehead atoms. The second-order valence-electron chi connectivity index (χ2n) is 5.85. The maximum atomic E-state index is 12.6. The van der Waals surface area contributed by atoms with Crippen molar-refractivity contribution in [1.29, 1.82) is 0 Å². The predicted octanol–water partition coefficient (Wildman–Crippen LogP) is 3.76. The van der Waals surface area contributed by atoms with Gasteiger partial charge in [0.15, 0.2) is 0 Å². The van der Waals surface area contributed by atoms with Crippen molar-refractivity contribution in [3.05, 3.63) is 74.7 Å². The topological polar surface area (TPSA) is 107 Å². The standard InChI is InChI=1S/C19H14N2O6S/c1-12(22)27-16-8-4-13(5-9-16)10-17-18(23)20(19(24)28-17)11-14-2-6-15(7-3-14)21(25)26/h2-10H,11H2,1H3. The number of ether oxygens (including phenoxy) is 1. The molecule has 8 nitrogen and oxygen atoms in total. The van der Waals surface area contributed by atoms with E-state index in [0.717, 1.165) is 16.7 Å². The molecule has 2 aromatic carbocycles. The number of thioether (sulfide) groups is 1. The van der Waals surface area contributed by atoms with E-state index in [0.29, 0.717) is 16.9 Å². The van der Waals surface area contributed by atoms with E-state index in [1.54, 1.807) is 30.3 Å². The van der Waals surface area contributed by atoms with Crippen molar-refractivity contribution >= 4 is 40.6 Å². The highest BCUT2D eigenvalue weighted by Crippen LogP contribution is 2.33. The highest BCUT2D eigenvalue weighted by Gasteiger charge is 2.35. The van der Waals surface area contributed by atoms with Gasteiger partial charge in [0.2, 0.25) is 0 Å². The molecule has 0 saturated carbocycles. The Balaban J connectivity index is 1.72. The molecule has 0 aromatic heterocycles.